The molecular weight excluding hydrogens is 236 g/mol. The third-order valence-electron chi connectivity index (χ3n) is 4.43. The summed E-state index contributed by atoms with van der Waals surface area (Å²) in [6.07, 6.45) is 9.71. The molecule has 0 heterocycles. The van der Waals surface area contributed by atoms with E-state index < -0.39 is 5.60 Å². The van der Waals surface area contributed by atoms with Crippen LogP contribution in [0, 0.1) is 0 Å². The van der Waals surface area contributed by atoms with Crippen molar-refractivity contribution in [3.8, 4) is 0 Å². The summed E-state index contributed by atoms with van der Waals surface area (Å²) in [5, 5.41) is 20.1. The molecule has 1 aromatic rings. The van der Waals surface area contributed by atoms with Gasteiger partial charge in [-0.15, -0.1) is 0 Å². The summed E-state index contributed by atoms with van der Waals surface area (Å²) in [6.45, 7) is 0.0919. The third kappa shape index (κ3) is 4.32. The lowest BCUT2D eigenvalue weighted by Gasteiger charge is -2.30. The van der Waals surface area contributed by atoms with Crippen molar-refractivity contribution in [1.82, 2.24) is 0 Å². The van der Waals surface area contributed by atoms with Crippen LogP contribution in [-0.4, -0.2) is 15.8 Å². The van der Waals surface area contributed by atoms with Crippen LogP contribution < -0.4 is 0 Å². The van der Waals surface area contributed by atoms with Crippen LogP contribution >= 0.6 is 0 Å². The van der Waals surface area contributed by atoms with Crippen LogP contribution in [0.15, 0.2) is 24.3 Å². The van der Waals surface area contributed by atoms with Gasteiger partial charge in [0.2, 0.25) is 0 Å². The molecule has 0 unspecified atom stereocenters. The zero-order valence-electron chi connectivity index (χ0n) is 11.8. The Bertz CT molecular complexity index is 379. The molecule has 1 fully saturated rings. The SMILES string of the molecule is OCc1ccccc1CCC1(O)CCCCCCC1. The summed E-state index contributed by atoms with van der Waals surface area (Å²) in [5.41, 5.74) is 1.70. The fourth-order valence-electron chi connectivity index (χ4n) is 3.14. The van der Waals surface area contributed by atoms with E-state index in [4.69, 9.17) is 0 Å². The Labute approximate surface area is 116 Å². The fourth-order valence-corrected chi connectivity index (χ4v) is 3.14. The molecule has 1 aliphatic rings. The lowest BCUT2D eigenvalue weighted by atomic mass is 9.82. The number of rotatable bonds is 4. The van der Waals surface area contributed by atoms with E-state index in [1.54, 1.807) is 0 Å². The Morgan fingerprint density at radius 2 is 1.47 bits per heavy atom. The van der Waals surface area contributed by atoms with E-state index in [1.807, 2.05) is 18.2 Å². The molecule has 0 spiro atoms. The van der Waals surface area contributed by atoms with Crippen molar-refractivity contribution in [3.05, 3.63) is 35.4 Å². The fraction of sp³-hybridized carbons (Fsp3) is 0.647. The smallest absolute Gasteiger partial charge is 0.0684 e. The van der Waals surface area contributed by atoms with Crippen LogP contribution in [-0.2, 0) is 13.0 Å². The minimum Gasteiger partial charge on any atom is -0.392 e. The van der Waals surface area contributed by atoms with E-state index in [-0.39, 0.29) is 6.61 Å². The van der Waals surface area contributed by atoms with Gasteiger partial charge < -0.3 is 10.2 Å². The maximum absolute atomic E-state index is 10.7. The van der Waals surface area contributed by atoms with Crippen molar-refractivity contribution in [1.29, 1.82) is 0 Å². The van der Waals surface area contributed by atoms with E-state index in [2.05, 4.69) is 6.07 Å². The zero-order chi connectivity index (χ0) is 13.6. The van der Waals surface area contributed by atoms with Crippen LogP contribution in [0.3, 0.4) is 0 Å². The van der Waals surface area contributed by atoms with Crippen molar-refractivity contribution >= 4 is 0 Å². The first-order valence-corrected chi connectivity index (χ1v) is 7.63. The average Bonchev–Trinajstić information content (AvgIpc) is 2.42. The first kappa shape index (κ1) is 14.5. The Balaban J connectivity index is 1.95. The average molecular weight is 262 g/mol. The number of aliphatic hydroxyl groups is 2. The minimum atomic E-state index is -0.483. The van der Waals surface area contributed by atoms with Crippen molar-refractivity contribution in [2.75, 3.05) is 0 Å². The molecule has 0 radical (unpaired) electrons. The molecule has 0 bridgehead atoms. The quantitative estimate of drug-likeness (QED) is 0.870. The van der Waals surface area contributed by atoms with Crippen molar-refractivity contribution in [2.45, 2.75) is 70.0 Å². The Morgan fingerprint density at radius 1 is 0.895 bits per heavy atom. The molecule has 0 atom stereocenters. The minimum absolute atomic E-state index is 0.0919. The molecule has 19 heavy (non-hydrogen) atoms. The summed E-state index contributed by atoms with van der Waals surface area (Å²) in [5.74, 6) is 0. The summed E-state index contributed by atoms with van der Waals surface area (Å²) in [4.78, 5) is 0. The van der Waals surface area contributed by atoms with Crippen LogP contribution in [0.1, 0.15) is 62.5 Å². The van der Waals surface area contributed by atoms with Crippen LogP contribution in [0.2, 0.25) is 0 Å². The molecule has 1 saturated carbocycles. The van der Waals surface area contributed by atoms with Gasteiger partial charge in [-0.1, -0.05) is 56.4 Å². The predicted octanol–water partition coefficient (Wildman–Crippen LogP) is 3.59. The Morgan fingerprint density at radius 3 is 2.11 bits per heavy atom. The summed E-state index contributed by atoms with van der Waals surface area (Å²) < 4.78 is 0. The van der Waals surface area contributed by atoms with E-state index in [1.165, 1.54) is 24.8 Å². The number of aliphatic hydroxyl groups excluding tert-OH is 1. The van der Waals surface area contributed by atoms with Crippen molar-refractivity contribution < 1.29 is 10.2 Å². The second-order valence-electron chi connectivity index (χ2n) is 5.92. The van der Waals surface area contributed by atoms with Crippen molar-refractivity contribution in [2.24, 2.45) is 0 Å². The number of hydrogen-bond donors (Lipinski definition) is 2. The number of benzene rings is 1. The molecule has 0 aliphatic heterocycles. The van der Waals surface area contributed by atoms with Crippen molar-refractivity contribution in [3.63, 3.8) is 0 Å². The largest absolute Gasteiger partial charge is 0.392 e. The Hall–Kier alpha value is -0.860. The second kappa shape index (κ2) is 7.06. The lowest BCUT2D eigenvalue weighted by molar-refractivity contribution is 0.00619. The van der Waals surface area contributed by atoms with Crippen LogP contribution in [0.4, 0.5) is 0 Å². The number of hydrogen-bond acceptors (Lipinski definition) is 2. The van der Waals surface area contributed by atoms with E-state index in [0.29, 0.717) is 0 Å². The zero-order valence-corrected chi connectivity index (χ0v) is 11.8. The number of aryl methyl sites for hydroxylation is 1. The molecule has 2 rings (SSSR count). The van der Waals surface area contributed by atoms with E-state index in [0.717, 1.165) is 44.1 Å². The van der Waals surface area contributed by atoms with Gasteiger partial charge in [0.1, 0.15) is 0 Å². The molecule has 106 valence electrons. The van der Waals surface area contributed by atoms with E-state index >= 15 is 0 Å². The first-order chi connectivity index (χ1) is 9.23. The molecule has 0 saturated heterocycles. The highest BCUT2D eigenvalue weighted by Gasteiger charge is 2.26. The molecule has 1 aromatic carbocycles. The Kier molecular flexibility index (Phi) is 5.41. The molecule has 0 amide bonds. The standard InChI is InChI=1S/C17H26O2/c18-14-16-9-5-4-8-15(16)10-13-17(19)11-6-2-1-3-7-12-17/h4-5,8-9,18-19H,1-3,6-7,10-14H2. The highest BCUT2D eigenvalue weighted by molar-refractivity contribution is 5.26. The highest BCUT2D eigenvalue weighted by atomic mass is 16.3. The molecular formula is C17H26O2. The molecule has 0 aromatic heterocycles. The molecule has 2 nitrogen and oxygen atoms in total. The third-order valence-corrected chi connectivity index (χ3v) is 4.43. The van der Waals surface area contributed by atoms with Gasteiger partial charge in [-0.05, 0) is 36.8 Å². The summed E-state index contributed by atoms with van der Waals surface area (Å²) >= 11 is 0. The summed E-state index contributed by atoms with van der Waals surface area (Å²) in [7, 11) is 0. The second-order valence-corrected chi connectivity index (χ2v) is 5.92. The van der Waals surface area contributed by atoms with Gasteiger partial charge in [-0.2, -0.15) is 0 Å². The maximum atomic E-state index is 10.7. The first-order valence-electron chi connectivity index (χ1n) is 7.63. The predicted molar refractivity (Wildman–Crippen MR) is 78.0 cm³/mol. The van der Waals surface area contributed by atoms with Gasteiger partial charge in [0.05, 0.1) is 12.2 Å². The van der Waals surface area contributed by atoms with Crippen LogP contribution in [0.25, 0.3) is 0 Å². The molecule has 1 aliphatic carbocycles. The molecule has 2 heteroatoms. The summed E-state index contributed by atoms with van der Waals surface area (Å²) in [6, 6.07) is 8.01. The topological polar surface area (TPSA) is 40.5 Å². The maximum Gasteiger partial charge on any atom is 0.0684 e. The lowest BCUT2D eigenvalue weighted by Crippen LogP contribution is -2.30. The van der Waals surface area contributed by atoms with Gasteiger partial charge >= 0.3 is 0 Å². The van der Waals surface area contributed by atoms with Gasteiger partial charge in [-0.3, -0.25) is 0 Å². The van der Waals surface area contributed by atoms with E-state index in [9.17, 15) is 10.2 Å². The normalized spacial score (nSPS) is 19.7. The van der Waals surface area contributed by atoms with Crippen LogP contribution in [0.5, 0.6) is 0 Å². The van der Waals surface area contributed by atoms with Gasteiger partial charge in [0, 0.05) is 0 Å². The van der Waals surface area contributed by atoms with Gasteiger partial charge in [0.15, 0.2) is 0 Å². The molecule has 2 N–H and O–H groups in total. The highest BCUT2D eigenvalue weighted by Crippen LogP contribution is 2.30. The monoisotopic (exact) mass is 262 g/mol. The van der Waals surface area contributed by atoms with Gasteiger partial charge in [-0.25, -0.2) is 0 Å². The van der Waals surface area contributed by atoms with Gasteiger partial charge in [0.25, 0.3) is 0 Å².